The van der Waals surface area contributed by atoms with Crippen LogP contribution < -0.4 is 19.5 Å². The highest BCUT2D eigenvalue weighted by Crippen LogP contribution is 2.38. The number of carbonyl (C=O) groups excluding carboxylic acids is 2. The number of methoxy groups -OCH3 is 3. The van der Waals surface area contributed by atoms with E-state index in [0.717, 1.165) is 5.56 Å². The first-order valence-corrected chi connectivity index (χ1v) is 10.1. The summed E-state index contributed by atoms with van der Waals surface area (Å²) in [4.78, 5) is 27.6. The molecular weight excluding hydrogens is 392 g/mol. The number of nitrogens with one attached hydrogen (secondary N) is 1. The Bertz CT molecular complexity index is 830. The smallest absolute Gasteiger partial charge is 0.251 e. The molecule has 0 aliphatic carbocycles. The topological polar surface area (TPSA) is 77.1 Å². The Morgan fingerprint density at radius 1 is 1.00 bits per heavy atom. The number of nitrogens with zero attached hydrogens (tertiary/aromatic N) is 1. The van der Waals surface area contributed by atoms with Crippen LogP contribution in [0.25, 0.3) is 0 Å². The van der Waals surface area contributed by atoms with Gasteiger partial charge in [-0.25, -0.2) is 0 Å². The van der Waals surface area contributed by atoms with E-state index >= 15 is 0 Å². The van der Waals surface area contributed by atoms with Crippen molar-refractivity contribution >= 4 is 23.6 Å². The average molecular weight is 419 g/mol. The van der Waals surface area contributed by atoms with Crippen LogP contribution in [0, 0.1) is 0 Å². The van der Waals surface area contributed by atoms with E-state index in [4.69, 9.17) is 14.2 Å². The van der Waals surface area contributed by atoms with Crippen molar-refractivity contribution in [3.8, 4) is 17.2 Å². The van der Waals surface area contributed by atoms with E-state index < -0.39 is 5.91 Å². The lowest BCUT2D eigenvalue weighted by molar-refractivity contribution is -0.129. The summed E-state index contributed by atoms with van der Waals surface area (Å²) in [5.41, 5.74) is 1.33. The van der Waals surface area contributed by atoms with Crippen molar-refractivity contribution in [2.45, 2.75) is 11.4 Å². The number of amides is 2. The summed E-state index contributed by atoms with van der Waals surface area (Å²) in [6, 6.07) is 11.1. The van der Waals surface area contributed by atoms with Gasteiger partial charge >= 0.3 is 0 Å². The molecule has 0 saturated heterocycles. The number of thioether (sulfide) groups is 1. The van der Waals surface area contributed by atoms with Crippen molar-refractivity contribution in [3.63, 3.8) is 0 Å². The van der Waals surface area contributed by atoms with Gasteiger partial charge in [0, 0.05) is 24.1 Å². The molecule has 8 heteroatoms. The highest BCUT2D eigenvalue weighted by atomic mass is 32.2. The van der Waals surface area contributed by atoms with Crippen molar-refractivity contribution < 1.29 is 23.8 Å². The van der Waals surface area contributed by atoms with Crippen LogP contribution >= 0.6 is 11.8 Å². The van der Waals surface area contributed by atoms with Gasteiger partial charge in [0.2, 0.25) is 11.7 Å². The maximum Gasteiger partial charge on any atom is 0.251 e. The molecular formula is C21H26N2O5S. The second-order valence-corrected chi connectivity index (χ2v) is 7.07. The minimum absolute atomic E-state index is 0.116. The molecule has 0 fully saturated rings. The molecule has 2 amide bonds. The van der Waals surface area contributed by atoms with Crippen LogP contribution in [0.3, 0.4) is 0 Å². The second kappa shape index (κ2) is 10.6. The van der Waals surface area contributed by atoms with Gasteiger partial charge in [0.1, 0.15) is 0 Å². The third-order valence-electron chi connectivity index (χ3n) is 4.33. The molecule has 0 saturated carbocycles. The predicted molar refractivity (Wildman–Crippen MR) is 113 cm³/mol. The van der Waals surface area contributed by atoms with Gasteiger partial charge in [0.25, 0.3) is 5.91 Å². The van der Waals surface area contributed by atoms with Crippen LogP contribution in [-0.4, -0.2) is 57.9 Å². The Morgan fingerprint density at radius 3 is 2.07 bits per heavy atom. The van der Waals surface area contributed by atoms with Crippen molar-refractivity contribution in [1.82, 2.24) is 10.2 Å². The highest BCUT2D eigenvalue weighted by Gasteiger charge is 2.18. The summed E-state index contributed by atoms with van der Waals surface area (Å²) in [6.07, 6.45) is 2.02. The molecule has 29 heavy (non-hydrogen) atoms. The van der Waals surface area contributed by atoms with Gasteiger partial charge in [-0.2, -0.15) is 0 Å². The first-order chi connectivity index (χ1) is 13.9. The maximum absolute atomic E-state index is 12.5. The average Bonchev–Trinajstić information content (AvgIpc) is 2.76. The number of benzene rings is 2. The fourth-order valence-electron chi connectivity index (χ4n) is 2.70. The fraction of sp³-hybridized carbons (Fsp3) is 0.333. The lowest BCUT2D eigenvalue weighted by Gasteiger charge is -2.18. The molecule has 0 heterocycles. The SMILES string of the molecule is COc1cc(C(=O)NCC(=O)N(C)Cc2ccc(SC)cc2)cc(OC)c1OC. The predicted octanol–water partition coefficient (Wildman–Crippen LogP) is 2.82. The monoisotopic (exact) mass is 418 g/mol. The van der Waals surface area contributed by atoms with E-state index in [9.17, 15) is 9.59 Å². The van der Waals surface area contributed by atoms with Crippen LogP contribution in [-0.2, 0) is 11.3 Å². The number of rotatable bonds is 9. The molecule has 2 aromatic carbocycles. The Labute approximate surface area is 175 Å². The molecule has 0 aliphatic rings. The second-order valence-electron chi connectivity index (χ2n) is 6.19. The first-order valence-electron chi connectivity index (χ1n) is 8.88. The molecule has 0 aromatic heterocycles. The van der Waals surface area contributed by atoms with Crippen LogP contribution in [0.15, 0.2) is 41.3 Å². The summed E-state index contributed by atoms with van der Waals surface area (Å²) < 4.78 is 15.8. The van der Waals surface area contributed by atoms with Crippen LogP contribution in [0.4, 0.5) is 0 Å². The number of carbonyl (C=O) groups is 2. The van der Waals surface area contributed by atoms with Gasteiger partial charge in [-0.1, -0.05) is 12.1 Å². The summed E-state index contributed by atoms with van der Waals surface area (Å²) in [5, 5.41) is 2.64. The van der Waals surface area contributed by atoms with Crippen molar-refractivity contribution in [2.75, 3.05) is 41.2 Å². The van der Waals surface area contributed by atoms with Crippen molar-refractivity contribution in [3.05, 3.63) is 47.5 Å². The Morgan fingerprint density at radius 2 is 1.59 bits per heavy atom. The van der Waals surface area contributed by atoms with Crippen LogP contribution in [0.1, 0.15) is 15.9 Å². The fourth-order valence-corrected chi connectivity index (χ4v) is 3.11. The quantitative estimate of drug-likeness (QED) is 0.631. The molecule has 0 bridgehead atoms. The van der Waals surface area contributed by atoms with Gasteiger partial charge in [-0.15, -0.1) is 11.8 Å². The standard InChI is InChI=1S/C21H26N2O5S/c1-23(13-14-6-8-16(29-5)9-7-14)19(24)12-22-21(25)15-10-17(26-2)20(28-4)18(11-15)27-3/h6-11H,12-13H2,1-5H3,(H,22,25). The zero-order valence-electron chi connectivity index (χ0n) is 17.3. The molecule has 0 spiro atoms. The molecule has 2 rings (SSSR count). The minimum atomic E-state index is -0.407. The summed E-state index contributed by atoms with van der Waals surface area (Å²) >= 11 is 1.67. The van der Waals surface area contributed by atoms with E-state index in [0.29, 0.717) is 29.4 Å². The van der Waals surface area contributed by atoms with Crippen LogP contribution in [0.2, 0.25) is 0 Å². The van der Waals surface area contributed by atoms with Gasteiger partial charge in [0.05, 0.1) is 27.9 Å². The molecule has 7 nitrogen and oxygen atoms in total. The Hall–Kier alpha value is -2.87. The normalized spacial score (nSPS) is 10.2. The third kappa shape index (κ3) is 5.80. The molecule has 0 unspecified atom stereocenters. The van der Waals surface area contributed by atoms with Crippen molar-refractivity contribution in [2.24, 2.45) is 0 Å². The maximum atomic E-state index is 12.5. The summed E-state index contributed by atoms with van der Waals surface area (Å²) in [5.74, 6) is 0.535. The number of hydrogen-bond donors (Lipinski definition) is 1. The Balaban J connectivity index is 1.99. The van der Waals surface area contributed by atoms with E-state index in [-0.39, 0.29) is 12.5 Å². The molecule has 2 aromatic rings. The van der Waals surface area contributed by atoms with Gasteiger partial charge in [0.15, 0.2) is 11.5 Å². The van der Waals surface area contributed by atoms with Gasteiger partial charge < -0.3 is 24.4 Å². The third-order valence-corrected chi connectivity index (χ3v) is 5.08. The van der Waals surface area contributed by atoms with Gasteiger partial charge in [-0.05, 0) is 36.1 Å². The molecule has 0 radical (unpaired) electrons. The number of ether oxygens (including phenoxy) is 3. The van der Waals surface area contributed by atoms with E-state index in [1.807, 2.05) is 30.5 Å². The lowest BCUT2D eigenvalue weighted by Crippen LogP contribution is -2.37. The summed E-state index contributed by atoms with van der Waals surface area (Å²) in [7, 11) is 6.14. The van der Waals surface area contributed by atoms with E-state index in [2.05, 4.69) is 5.32 Å². The zero-order chi connectivity index (χ0) is 21.4. The minimum Gasteiger partial charge on any atom is -0.493 e. The Kier molecular flexibility index (Phi) is 8.21. The van der Waals surface area contributed by atoms with Crippen LogP contribution in [0.5, 0.6) is 17.2 Å². The van der Waals surface area contributed by atoms with Crippen molar-refractivity contribution in [1.29, 1.82) is 0 Å². The highest BCUT2D eigenvalue weighted by molar-refractivity contribution is 7.98. The first kappa shape index (κ1) is 22.4. The number of likely N-dealkylation sites (N-methyl/N-ethyl adjacent to an activating group) is 1. The zero-order valence-corrected chi connectivity index (χ0v) is 18.1. The summed E-state index contributed by atoms with van der Waals surface area (Å²) in [6.45, 7) is 0.350. The van der Waals surface area contributed by atoms with Gasteiger partial charge in [-0.3, -0.25) is 9.59 Å². The van der Waals surface area contributed by atoms with E-state index in [1.54, 1.807) is 23.7 Å². The molecule has 0 atom stereocenters. The molecule has 1 N–H and O–H groups in total. The number of hydrogen-bond acceptors (Lipinski definition) is 6. The molecule has 0 aliphatic heterocycles. The molecule has 156 valence electrons. The van der Waals surface area contributed by atoms with E-state index in [1.165, 1.54) is 38.4 Å². The lowest BCUT2D eigenvalue weighted by atomic mass is 10.1. The largest absolute Gasteiger partial charge is 0.493 e.